The zero-order chi connectivity index (χ0) is 10.0. The van der Waals surface area contributed by atoms with Crippen LogP contribution in [0.5, 0.6) is 0 Å². The summed E-state index contributed by atoms with van der Waals surface area (Å²) < 4.78 is 13.2. The first-order valence-corrected chi connectivity index (χ1v) is 4.28. The number of benzene rings is 1. The quantitative estimate of drug-likeness (QED) is 0.832. The summed E-state index contributed by atoms with van der Waals surface area (Å²) >= 11 is 5.56. The summed E-state index contributed by atoms with van der Waals surface area (Å²) in [4.78, 5) is 0. The first-order chi connectivity index (χ1) is 6.02. The van der Waals surface area contributed by atoms with Gasteiger partial charge in [0.1, 0.15) is 5.82 Å². The van der Waals surface area contributed by atoms with Crippen LogP contribution in [0.3, 0.4) is 0 Å². The summed E-state index contributed by atoms with van der Waals surface area (Å²) in [6.45, 7) is 1.51. The topological polar surface area (TPSA) is 46.2 Å². The zero-order valence-electron chi connectivity index (χ0n) is 7.58. The molecule has 0 aliphatic carbocycles. The molecule has 14 heavy (non-hydrogen) atoms. The number of hydrogen-bond acceptors (Lipinski definition) is 2. The van der Waals surface area contributed by atoms with Gasteiger partial charge in [-0.1, -0.05) is 17.7 Å². The number of halogens is 3. The van der Waals surface area contributed by atoms with Gasteiger partial charge in [-0.2, -0.15) is 0 Å². The molecule has 0 amide bonds. The molecule has 2 nitrogen and oxygen atoms in total. The molecule has 2 atom stereocenters. The van der Waals surface area contributed by atoms with Crippen molar-refractivity contribution in [3.05, 3.63) is 34.6 Å². The molecule has 0 aliphatic rings. The van der Waals surface area contributed by atoms with Gasteiger partial charge in [0.25, 0.3) is 0 Å². The molecule has 1 aromatic rings. The van der Waals surface area contributed by atoms with Gasteiger partial charge in [0.05, 0.1) is 12.1 Å². The van der Waals surface area contributed by atoms with Gasteiger partial charge in [0.2, 0.25) is 0 Å². The van der Waals surface area contributed by atoms with E-state index >= 15 is 0 Å². The minimum absolute atomic E-state index is 0. The number of aliphatic hydroxyl groups excluding tert-OH is 1. The van der Waals surface area contributed by atoms with Crippen molar-refractivity contribution in [1.29, 1.82) is 0 Å². The van der Waals surface area contributed by atoms with Crippen molar-refractivity contribution in [3.8, 4) is 0 Å². The Morgan fingerprint density at radius 1 is 1.50 bits per heavy atom. The Kier molecular flexibility index (Phi) is 5.37. The Hall–Kier alpha value is -0.350. The van der Waals surface area contributed by atoms with Crippen LogP contribution in [0.25, 0.3) is 0 Å². The van der Waals surface area contributed by atoms with Gasteiger partial charge < -0.3 is 10.8 Å². The molecule has 0 radical (unpaired) electrons. The van der Waals surface area contributed by atoms with Gasteiger partial charge in [-0.3, -0.25) is 0 Å². The summed E-state index contributed by atoms with van der Waals surface area (Å²) in [6.07, 6.45) is -0.782. The average Bonchev–Trinajstić information content (AvgIpc) is 2.03. The predicted molar refractivity (Wildman–Crippen MR) is 57.3 cm³/mol. The normalized spacial score (nSPS) is 14.4. The van der Waals surface area contributed by atoms with Gasteiger partial charge in [-0.15, -0.1) is 12.4 Å². The summed E-state index contributed by atoms with van der Waals surface area (Å²) in [7, 11) is 0. The summed E-state index contributed by atoms with van der Waals surface area (Å²) in [6, 6.07) is 3.49. The highest BCUT2D eigenvalue weighted by atomic mass is 35.5. The SMILES string of the molecule is C[C@@H](O)[C@@H](N)c1ccc(Cl)cc1F.Cl. The molecule has 1 rings (SSSR count). The van der Waals surface area contributed by atoms with Crippen LogP contribution in [0.15, 0.2) is 18.2 Å². The third kappa shape index (κ3) is 3.10. The van der Waals surface area contributed by atoms with Crippen LogP contribution in [-0.2, 0) is 0 Å². The number of nitrogens with two attached hydrogens (primary N) is 1. The second-order valence-electron chi connectivity index (χ2n) is 2.93. The van der Waals surface area contributed by atoms with E-state index in [4.69, 9.17) is 22.4 Å². The molecule has 0 bridgehead atoms. The molecule has 3 N–H and O–H groups in total. The van der Waals surface area contributed by atoms with E-state index < -0.39 is 18.0 Å². The Balaban J connectivity index is 0.00000169. The van der Waals surface area contributed by atoms with Crippen molar-refractivity contribution in [3.63, 3.8) is 0 Å². The maximum atomic E-state index is 13.2. The van der Waals surface area contributed by atoms with Crippen LogP contribution in [0.2, 0.25) is 5.02 Å². The van der Waals surface area contributed by atoms with Crippen molar-refractivity contribution in [2.24, 2.45) is 5.73 Å². The maximum Gasteiger partial charge on any atom is 0.129 e. The van der Waals surface area contributed by atoms with Gasteiger partial charge >= 0.3 is 0 Å². The second kappa shape index (κ2) is 5.51. The van der Waals surface area contributed by atoms with Crippen molar-refractivity contribution >= 4 is 24.0 Å². The summed E-state index contributed by atoms with van der Waals surface area (Å²) in [5.74, 6) is -0.485. The average molecular weight is 240 g/mol. The minimum atomic E-state index is -0.782. The highest BCUT2D eigenvalue weighted by molar-refractivity contribution is 6.30. The van der Waals surface area contributed by atoms with Gasteiger partial charge in [0.15, 0.2) is 0 Å². The first kappa shape index (κ1) is 13.7. The lowest BCUT2D eigenvalue weighted by molar-refractivity contribution is 0.162. The Bertz CT molecular complexity index is 307. The zero-order valence-corrected chi connectivity index (χ0v) is 9.15. The molecule has 0 unspecified atom stereocenters. The van der Waals surface area contributed by atoms with E-state index in [0.29, 0.717) is 5.02 Å². The van der Waals surface area contributed by atoms with Gasteiger partial charge in [-0.25, -0.2) is 4.39 Å². The fourth-order valence-electron chi connectivity index (χ4n) is 1.03. The summed E-state index contributed by atoms with van der Waals surface area (Å²) in [5, 5.41) is 9.46. The van der Waals surface area contributed by atoms with E-state index in [1.165, 1.54) is 19.1 Å². The molecule has 0 heterocycles. The lowest BCUT2D eigenvalue weighted by atomic mass is 10.0. The predicted octanol–water partition coefficient (Wildman–Crippen LogP) is 2.28. The molecule has 5 heteroatoms. The van der Waals surface area contributed by atoms with Crippen LogP contribution >= 0.6 is 24.0 Å². The van der Waals surface area contributed by atoms with Crippen molar-refractivity contribution < 1.29 is 9.50 Å². The first-order valence-electron chi connectivity index (χ1n) is 3.91. The minimum Gasteiger partial charge on any atom is -0.391 e. The Morgan fingerprint density at radius 2 is 2.07 bits per heavy atom. The van der Waals surface area contributed by atoms with Crippen molar-refractivity contribution in [2.45, 2.75) is 19.1 Å². The molecule has 0 fully saturated rings. The third-order valence-corrected chi connectivity index (χ3v) is 2.08. The Morgan fingerprint density at radius 3 is 2.50 bits per heavy atom. The number of hydrogen-bond donors (Lipinski definition) is 2. The highest BCUT2D eigenvalue weighted by Crippen LogP contribution is 2.21. The fraction of sp³-hybridized carbons (Fsp3) is 0.333. The molecule has 80 valence electrons. The van der Waals surface area contributed by atoms with Gasteiger partial charge in [-0.05, 0) is 19.1 Å². The van der Waals surface area contributed by atoms with Gasteiger partial charge in [0, 0.05) is 10.6 Å². The molecular weight excluding hydrogens is 228 g/mol. The monoisotopic (exact) mass is 239 g/mol. The van der Waals surface area contributed by atoms with Crippen molar-refractivity contribution in [1.82, 2.24) is 0 Å². The van der Waals surface area contributed by atoms with Crippen LogP contribution in [0.1, 0.15) is 18.5 Å². The van der Waals surface area contributed by atoms with E-state index in [1.807, 2.05) is 0 Å². The van der Waals surface area contributed by atoms with Crippen LogP contribution in [-0.4, -0.2) is 11.2 Å². The fourth-order valence-corrected chi connectivity index (χ4v) is 1.19. The summed E-state index contributed by atoms with van der Waals surface area (Å²) in [5.41, 5.74) is 5.83. The van der Waals surface area contributed by atoms with E-state index in [-0.39, 0.29) is 18.0 Å². The number of rotatable bonds is 2. The smallest absolute Gasteiger partial charge is 0.129 e. The van der Waals surface area contributed by atoms with E-state index in [1.54, 1.807) is 6.07 Å². The number of aliphatic hydroxyl groups is 1. The second-order valence-corrected chi connectivity index (χ2v) is 3.37. The molecule has 0 saturated heterocycles. The van der Waals surface area contributed by atoms with Crippen LogP contribution in [0, 0.1) is 5.82 Å². The molecule has 0 saturated carbocycles. The highest BCUT2D eigenvalue weighted by Gasteiger charge is 2.15. The van der Waals surface area contributed by atoms with E-state index in [9.17, 15) is 4.39 Å². The molecule has 0 aromatic heterocycles. The van der Waals surface area contributed by atoms with E-state index in [0.717, 1.165) is 0 Å². The third-order valence-electron chi connectivity index (χ3n) is 1.84. The molecule has 0 aliphatic heterocycles. The van der Waals surface area contributed by atoms with E-state index in [2.05, 4.69) is 0 Å². The molecule has 1 aromatic carbocycles. The van der Waals surface area contributed by atoms with Crippen LogP contribution in [0.4, 0.5) is 4.39 Å². The molecular formula is C9H12Cl2FNO. The van der Waals surface area contributed by atoms with Crippen molar-refractivity contribution in [2.75, 3.05) is 0 Å². The lowest BCUT2D eigenvalue weighted by Gasteiger charge is -2.15. The lowest BCUT2D eigenvalue weighted by Crippen LogP contribution is -2.24. The largest absolute Gasteiger partial charge is 0.391 e. The Labute approximate surface area is 93.3 Å². The maximum absolute atomic E-state index is 13.2. The standard InChI is InChI=1S/C9H11ClFNO.ClH/c1-5(13)9(12)7-3-2-6(10)4-8(7)11;/h2-5,9,13H,12H2,1H3;1H/t5-,9-;/m1./s1. The van der Waals surface area contributed by atoms with Crippen LogP contribution < -0.4 is 5.73 Å². The molecule has 0 spiro atoms.